The average Bonchev–Trinajstić information content (AvgIpc) is 2.68. The Balaban J connectivity index is 2.72. The fourth-order valence-corrected chi connectivity index (χ4v) is 2.77. The fraction of sp³-hybridized carbons (Fsp3) is 0.867. The van der Waals surface area contributed by atoms with Gasteiger partial charge in [-0.15, -0.1) is 0 Å². The maximum Gasteiger partial charge on any atom is 0.326 e. The van der Waals surface area contributed by atoms with Crippen molar-refractivity contribution in [3.63, 3.8) is 0 Å². The number of amides is 2. The number of carboxylic acids is 1. The first-order chi connectivity index (χ1) is 9.51. The Hall–Kier alpha value is -1.26. The Morgan fingerprint density at radius 3 is 2.55 bits per heavy atom. The summed E-state index contributed by atoms with van der Waals surface area (Å²) in [4.78, 5) is 25.5. The lowest BCUT2D eigenvalue weighted by atomic mass is 9.99. The number of nitrogens with one attached hydrogen (secondary N) is 1. The van der Waals surface area contributed by atoms with E-state index >= 15 is 0 Å². The molecule has 116 valence electrons. The molecular weight excluding hydrogens is 256 g/mol. The van der Waals surface area contributed by atoms with Crippen LogP contribution in [0.1, 0.15) is 59.3 Å². The molecule has 2 unspecified atom stereocenters. The second-order valence-electron chi connectivity index (χ2n) is 5.76. The molecule has 0 aromatic rings. The standard InChI is InChI=1S/C15H28N2O3/c1-4-11(3)13(14(18)19)16-15(20)17-10-8-6-7-9-12(17)5-2/h11-13H,4-10H2,1-3H3,(H,16,20)(H,18,19)/t11?,12?,13-/m0/s1. The topological polar surface area (TPSA) is 69.6 Å². The predicted molar refractivity (Wildman–Crippen MR) is 78.7 cm³/mol. The average molecular weight is 284 g/mol. The number of likely N-dealkylation sites (tertiary alicyclic amines) is 1. The van der Waals surface area contributed by atoms with E-state index in [0.29, 0.717) is 0 Å². The largest absolute Gasteiger partial charge is 0.480 e. The van der Waals surface area contributed by atoms with E-state index in [1.807, 2.05) is 18.7 Å². The van der Waals surface area contributed by atoms with Crippen LogP contribution in [0.3, 0.4) is 0 Å². The summed E-state index contributed by atoms with van der Waals surface area (Å²) >= 11 is 0. The number of rotatable bonds is 5. The molecule has 0 aliphatic carbocycles. The van der Waals surface area contributed by atoms with Crippen molar-refractivity contribution in [3.05, 3.63) is 0 Å². The smallest absolute Gasteiger partial charge is 0.326 e. The SMILES string of the molecule is CCC(C)[C@H](NC(=O)N1CCCCCC1CC)C(=O)O. The lowest BCUT2D eigenvalue weighted by molar-refractivity contribution is -0.140. The van der Waals surface area contributed by atoms with Gasteiger partial charge < -0.3 is 15.3 Å². The van der Waals surface area contributed by atoms with Crippen molar-refractivity contribution in [1.82, 2.24) is 10.2 Å². The molecule has 5 nitrogen and oxygen atoms in total. The van der Waals surface area contributed by atoms with Crippen molar-refractivity contribution in [1.29, 1.82) is 0 Å². The van der Waals surface area contributed by atoms with Gasteiger partial charge >= 0.3 is 12.0 Å². The molecule has 1 heterocycles. The van der Waals surface area contributed by atoms with E-state index in [0.717, 1.165) is 45.1 Å². The molecule has 3 atom stereocenters. The number of urea groups is 1. The summed E-state index contributed by atoms with van der Waals surface area (Å²) in [5.74, 6) is -1.01. The van der Waals surface area contributed by atoms with E-state index in [-0.39, 0.29) is 18.0 Å². The Bertz CT molecular complexity index is 333. The molecule has 2 N–H and O–H groups in total. The van der Waals surface area contributed by atoms with Crippen LogP contribution in [-0.4, -0.2) is 40.6 Å². The van der Waals surface area contributed by atoms with Crippen LogP contribution >= 0.6 is 0 Å². The van der Waals surface area contributed by atoms with Gasteiger partial charge in [-0.3, -0.25) is 0 Å². The highest BCUT2D eigenvalue weighted by atomic mass is 16.4. The molecule has 1 saturated heterocycles. The molecule has 0 radical (unpaired) electrons. The van der Waals surface area contributed by atoms with Gasteiger partial charge in [0.2, 0.25) is 0 Å². The monoisotopic (exact) mass is 284 g/mol. The normalized spacial score (nSPS) is 22.8. The molecule has 5 heteroatoms. The van der Waals surface area contributed by atoms with Gasteiger partial charge in [0.05, 0.1) is 0 Å². The molecule has 1 aliphatic rings. The maximum atomic E-state index is 12.4. The summed E-state index contributed by atoms with van der Waals surface area (Å²) in [5.41, 5.74) is 0. The maximum absolute atomic E-state index is 12.4. The van der Waals surface area contributed by atoms with Gasteiger partial charge in [-0.1, -0.05) is 40.0 Å². The van der Waals surface area contributed by atoms with Gasteiger partial charge in [-0.25, -0.2) is 9.59 Å². The van der Waals surface area contributed by atoms with Crippen LogP contribution in [0.25, 0.3) is 0 Å². The molecule has 1 fully saturated rings. The van der Waals surface area contributed by atoms with Crippen LogP contribution in [0, 0.1) is 5.92 Å². The second-order valence-corrected chi connectivity index (χ2v) is 5.76. The zero-order valence-corrected chi connectivity index (χ0v) is 12.9. The molecule has 0 saturated carbocycles. The minimum Gasteiger partial charge on any atom is -0.480 e. The van der Waals surface area contributed by atoms with Gasteiger partial charge in [0, 0.05) is 12.6 Å². The fourth-order valence-electron chi connectivity index (χ4n) is 2.77. The summed E-state index contributed by atoms with van der Waals surface area (Å²) in [6.07, 6.45) is 5.98. The van der Waals surface area contributed by atoms with E-state index in [9.17, 15) is 14.7 Å². The van der Waals surface area contributed by atoms with Crippen LogP contribution in [-0.2, 0) is 4.79 Å². The van der Waals surface area contributed by atoms with Gasteiger partial charge in [0.1, 0.15) is 6.04 Å². The summed E-state index contributed by atoms with van der Waals surface area (Å²) < 4.78 is 0. The first kappa shape index (κ1) is 16.8. The summed E-state index contributed by atoms with van der Waals surface area (Å²) in [6.45, 7) is 6.61. The summed E-state index contributed by atoms with van der Waals surface area (Å²) in [5, 5.41) is 12.0. The highest BCUT2D eigenvalue weighted by Crippen LogP contribution is 2.19. The minimum absolute atomic E-state index is 0.0662. The van der Waals surface area contributed by atoms with Crippen molar-refractivity contribution in [2.75, 3.05) is 6.54 Å². The molecule has 2 amide bonds. The summed E-state index contributed by atoms with van der Waals surface area (Å²) in [6, 6.07) is -0.774. The first-order valence-corrected chi connectivity index (χ1v) is 7.81. The Kier molecular flexibility index (Phi) is 6.82. The molecule has 0 aromatic carbocycles. The van der Waals surface area contributed by atoms with E-state index in [4.69, 9.17) is 0 Å². The van der Waals surface area contributed by atoms with E-state index < -0.39 is 12.0 Å². The lowest BCUT2D eigenvalue weighted by Crippen LogP contribution is -2.53. The molecule has 20 heavy (non-hydrogen) atoms. The molecule has 1 rings (SSSR count). The number of carboxylic acid groups (broad SMARTS) is 1. The number of nitrogens with zero attached hydrogens (tertiary/aromatic N) is 1. The van der Waals surface area contributed by atoms with Gasteiger partial charge in [0.25, 0.3) is 0 Å². The van der Waals surface area contributed by atoms with Crippen LogP contribution in [0.15, 0.2) is 0 Å². The van der Waals surface area contributed by atoms with E-state index in [1.54, 1.807) is 0 Å². The highest BCUT2D eigenvalue weighted by molar-refractivity contribution is 5.83. The predicted octanol–water partition coefficient (Wildman–Crippen LogP) is 2.85. The Labute approximate surface area is 121 Å². The van der Waals surface area contributed by atoms with Crippen molar-refractivity contribution in [2.45, 2.75) is 71.4 Å². The molecule has 1 aliphatic heterocycles. The minimum atomic E-state index is -0.949. The lowest BCUT2D eigenvalue weighted by Gasteiger charge is -2.31. The zero-order valence-electron chi connectivity index (χ0n) is 12.9. The number of carbonyl (C=O) groups excluding carboxylic acids is 1. The number of carbonyl (C=O) groups is 2. The van der Waals surface area contributed by atoms with Crippen LogP contribution < -0.4 is 5.32 Å². The van der Waals surface area contributed by atoms with Gasteiger partial charge in [-0.2, -0.15) is 0 Å². The summed E-state index contributed by atoms with van der Waals surface area (Å²) in [7, 11) is 0. The van der Waals surface area contributed by atoms with Crippen LogP contribution in [0.5, 0.6) is 0 Å². The van der Waals surface area contributed by atoms with Crippen molar-refractivity contribution in [2.24, 2.45) is 5.92 Å². The zero-order chi connectivity index (χ0) is 15.1. The van der Waals surface area contributed by atoms with Crippen molar-refractivity contribution in [3.8, 4) is 0 Å². The molecular formula is C15H28N2O3. The quantitative estimate of drug-likeness (QED) is 0.815. The Morgan fingerprint density at radius 2 is 2.00 bits per heavy atom. The number of hydrogen-bond acceptors (Lipinski definition) is 2. The molecule has 0 bridgehead atoms. The third kappa shape index (κ3) is 4.39. The van der Waals surface area contributed by atoms with Crippen molar-refractivity contribution < 1.29 is 14.7 Å². The van der Waals surface area contributed by atoms with Crippen molar-refractivity contribution >= 4 is 12.0 Å². The van der Waals surface area contributed by atoms with E-state index in [1.165, 1.54) is 0 Å². The van der Waals surface area contributed by atoms with Gasteiger partial charge in [-0.05, 0) is 25.2 Å². The third-order valence-electron chi connectivity index (χ3n) is 4.37. The molecule has 0 spiro atoms. The molecule has 0 aromatic heterocycles. The van der Waals surface area contributed by atoms with Crippen LogP contribution in [0.2, 0.25) is 0 Å². The number of hydrogen-bond donors (Lipinski definition) is 2. The third-order valence-corrected chi connectivity index (χ3v) is 4.37. The number of aliphatic carboxylic acids is 1. The second kappa shape index (κ2) is 8.12. The van der Waals surface area contributed by atoms with Crippen LogP contribution in [0.4, 0.5) is 4.79 Å². The van der Waals surface area contributed by atoms with Gasteiger partial charge in [0.15, 0.2) is 0 Å². The Morgan fingerprint density at radius 1 is 1.30 bits per heavy atom. The highest BCUT2D eigenvalue weighted by Gasteiger charge is 2.30. The first-order valence-electron chi connectivity index (χ1n) is 7.81. The van der Waals surface area contributed by atoms with E-state index in [2.05, 4.69) is 12.2 Å².